The van der Waals surface area contributed by atoms with Gasteiger partial charge in [0.1, 0.15) is 18.1 Å². The Bertz CT molecular complexity index is 947. The van der Waals surface area contributed by atoms with Crippen LogP contribution in [0.5, 0.6) is 11.5 Å². The second-order valence-electron chi connectivity index (χ2n) is 8.35. The van der Waals surface area contributed by atoms with Crippen molar-refractivity contribution in [3.63, 3.8) is 0 Å². The SMILES string of the molecule is COc1ccc2c(c1)C[C@@H](NC(=O)NCCN1CCN(c3cc(Cl)ccc3C)CC1)CO2. The number of ether oxygens (including phenoxy) is 2. The molecular formula is C24H31ClN4O3. The molecule has 2 aliphatic heterocycles. The van der Waals surface area contributed by atoms with Crippen LogP contribution in [0.4, 0.5) is 10.5 Å². The summed E-state index contributed by atoms with van der Waals surface area (Å²) in [5.74, 6) is 1.65. The minimum absolute atomic E-state index is 0.0564. The second kappa shape index (κ2) is 10.3. The monoisotopic (exact) mass is 458 g/mol. The third-order valence-electron chi connectivity index (χ3n) is 6.11. The van der Waals surface area contributed by atoms with Crippen molar-refractivity contribution in [2.45, 2.75) is 19.4 Å². The summed E-state index contributed by atoms with van der Waals surface area (Å²) in [6, 6.07) is 11.6. The predicted octanol–water partition coefficient (Wildman–Crippen LogP) is 3.08. The molecule has 1 saturated heterocycles. The van der Waals surface area contributed by atoms with Crippen molar-refractivity contribution < 1.29 is 14.3 Å². The number of hydrogen-bond acceptors (Lipinski definition) is 5. The van der Waals surface area contributed by atoms with Crippen LogP contribution in [0.3, 0.4) is 0 Å². The van der Waals surface area contributed by atoms with Crippen LogP contribution in [0.25, 0.3) is 0 Å². The highest BCUT2D eigenvalue weighted by molar-refractivity contribution is 6.30. The fraction of sp³-hybridized carbons (Fsp3) is 0.458. The first-order chi connectivity index (χ1) is 15.5. The lowest BCUT2D eigenvalue weighted by atomic mass is 10.0. The zero-order valence-electron chi connectivity index (χ0n) is 18.7. The molecule has 0 unspecified atom stereocenters. The molecule has 2 aliphatic rings. The highest BCUT2D eigenvalue weighted by Gasteiger charge is 2.22. The molecule has 0 saturated carbocycles. The van der Waals surface area contributed by atoms with Gasteiger partial charge in [-0.2, -0.15) is 0 Å². The number of rotatable bonds is 6. The molecule has 172 valence electrons. The van der Waals surface area contributed by atoms with Crippen molar-refractivity contribution in [2.75, 3.05) is 57.9 Å². The fourth-order valence-corrected chi connectivity index (χ4v) is 4.46. The number of nitrogens with zero attached hydrogens (tertiary/aromatic N) is 2. The summed E-state index contributed by atoms with van der Waals surface area (Å²) in [6.07, 6.45) is 0.727. The van der Waals surface area contributed by atoms with Crippen molar-refractivity contribution >= 4 is 23.3 Å². The van der Waals surface area contributed by atoms with E-state index in [-0.39, 0.29) is 12.1 Å². The third-order valence-corrected chi connectivity index (χ3v) is 6.34. The Morgan fingerprint density at radius 1 is 1.19 bits per heavy atom. The van der Waals surface area contributed by atoms with E-state index in [1.54, 1.807) is 7.11 Å². The number of carbonyl (C=O) groups excluding carboxylic acids is 1. The van der Waals surface area contributed by atoms with Crippen LogP contribution >= 0.6 is 11.6 Å². The lowest BCUT2D eigenvalue weighted by molar-refractivity contribution is 0.210. The van der Waals surface area contributed by atoms with E-state index >= 15 is 0 Å². The summed E-state index contributed by atoms with van der Waals surface area (Å²) >= 11 is 6.17. The smallest absolute Gasteiger partial charge is 0.315 e. The molecule has 2 amide bonds. The normalized spacial score (nSPS) is 18.5. The number of nitrogens with one attached hydrogen (secondary N) is 2. The minimum atomic E-state index is -0.155. The van der Waals surface area contributed by atoms with Crippen LogP contribution in [0.1, 0.15) is 11.1 Å². The van der Waals surface area contributed by atoms with Crippen molar-refractivity contribution in [3.8, 4) is 11.5 Å². The molecule has 0 bridgehead atoms. The molecule has 0 radical (unpaired) electrons. The summed E-state index contributed by atoms with van der Waals surface area (Å²) in [5, 5.41) is 6.77. The van der Waals surface area contributed by atoms with Gasteiger partial charge in [-0.1, -0.05) is 17.7 Å². The van der Waals surface area contributed by atoms with Gasteiger partial charge in [0.25, 0.3) is 0 Å². The maximum atomic E-state index is 12.4. The molecule has 2 aromatic carbocycles. The van der Waals surface area contributed by atoms with Gasteiger partial charge < -0.3 is 25.0 Å². The number of halogens is 1. The molecule has 2 aromatic rings. The van der Waals surface area contributed by atoms with Crippen molar-refractivity contribution in [1.29, 1.82) is 0 Å². The van der Waals surface area contributed by atoms with E-state index < -0.39 is 0 Å². The Morgan fingerprint density at radius 3 is 2.78 bits per heavy atom. The van der Waals surface area contributed by atoms with Crippen molar-refractivity contribution in [1.82, 2.24) is 15.5 Å². The number of carbonyl (C=O) groups is 1. The Morgan fingerprint density at radius 2 is 2.00 bits per heavy atom. The van der Waals surface area contributed by atoms with E-state index in [1.807, 2.05) is 30.3 Å². The van der Waals surface area contributed by atoms with Gasteiger partial charge in [0, 0.05) is 50.0 Å². The van der Waals surface area contributed by atoms with Gasteiger partial charge in [0.05, 0.1) is 13.2 Å². The number of benzene rings is 2. The standard InChI is InChI=1S/C24H31ClN4O3/c1-17-3-4-19(25)15-22(17)29-11-9-28(10-12-29)8-7-26-24(30)27-20-13-18-14-21(31-2)5-6-23(18)32-16-20/h3-6,14-15,20H,7-13,16H2,1-2H3,(H2,26,27,30)/t20-/m1/s1. The molecule has 4 rings (SSSR count). The quantitative estimate of drug-likeness (QED) is 0.696. The molecule has 2 heterocycles. The van der Waals surface area contributed by atoms with E-state index in [2.05, 4.69) is 33.4 Å². The highest BCUT2D eigenvalue weighted by atomic mass is 35.5. The van der Waals surface area contributed by atoms with Gasteiger partial charge >= 0.3 is 6.03 Å². The summed E-state index contributed by atoms with van der Waals surface area (Å²) in [6.45, 7) is 7.86. The van der Waals surface area contributed by atoms with Crippen molar-refractivity contribution in [3.05, 3.63) is 52.5 Å². The van der Waals surface area contributed by atoms with Gasteiger partial charge in [0.2, 0.25) is 0 Å². The predicted molar refractivity (Wildman–Crippen MR) is 127 cm³/mol. The van der Waals surface area contributed by atoms with Crippen LogP contribution in [-0.4, -0.2) is 70.0 Å². The lowest BCUT2D eigenvalue weighted by Gasteiger charge is -2.37. The summed E-state index contributed by atoms with van der Waals surface area (Å²) in [5.41, 5.74) is 3.51. The van der Waals surface area contributed by atoms with Crippen molar-refractivity contribution in [2.24, 2.45) is 0 Å². The summed E-state index contributed by atoms with van der Waals surface area (Å²) in [7, 11) is 1.65. The average molecular weight is 459 g/mol. The van der Waals surface area contributed by atoms with Gasteiger partial charge in [-0.15, -0.1) is 0 Å². The second-order valence-corrected chi connectivity index (χ2v) is 8.78. The number of methoxy groups -OCH3 is 1. The van der Waals surface area contributed by atoms with E-state index in [0.717, 1.165) is 61.2 Å². The fourth-order valence-electron chi connectivity index (χ4n) is 4.29. The maximum Gasteiger partial charge on any atom is 0.315 e. The zero-order chi connectivity index (χ0) is 22.5. The topological polar surface area (TPSA) is 66.1 Å². The molecule has 7 nitrogen and oxygen atoms in total. The Hall–Kier alpha value is -2.64. The number of aryl methyl sites for hydroxylation is 1. The molecule has 1 fully saturated rings. The molecule has 1 atom stereocenters. The van der Waals surface area contributed by atoms with E-state index in [0.29, 0.717) is 13.2 Å². The number of piperazine rings is 1. The summed E-state index contributed by atoms with van der Waals surface area (Å²) < 4.78 is 11.1. The number of amides is 2. The minimum Gasteiger partial charge on any atom is -0.497 e. The van der Waals surface area contributed by atoms with Crippen LogP contribution in [0.15, 0.2) is 36.4 Å². The van der Waals surface area contributed by atoms with E-state index in [1.165, 1.54) is 11.3 Å². The Kier molecular flexibility index (Phi) is 7.27. The third kappa shape index (κ3) is 5.58. The highest BCUT2D eigenvalue weighted by Crippen LogP contribution is 2.28. The van der Waals surface area contributed by atoms with Crippen LogP contribution in [-0.2, 0) is 6.42 Å². The molecule has 0 aliphatic carbocycles. The first-order valence-electron chi connectivity index (χ1n) is 11.1. The van der Waals surface area contributed by atoms with Crippen LogP contribution < -0.4 is 25.0 Å². The first-order valence-corrected chi connectivity index (χ1v) is 11.5. The number of anilines is 1. The molecule has 2 N–H and O–H groups in total. The van der Waals surface area contributed by atoms with Gasteiger partial charge in [-0.25, -0.2) is 4.79 Å². The number of urea groups is 1. The van der Waals surface area contributed by atoms with Gasteiger partial charge in [0.15, 0.2) is 0 Å². The summed E-state index contributed by atoms with van der Waals surface area (Å²) in [4.78, 5) is 17.1. The Labute approximate surface area is 194 Å². The Balaban J connectivity index is 1.17. The maximum absolute atomic E-state index is 12.4. The zero-order valence-corrected chi connectivity index (χ0v) is 19.5. The van der Waals surface area contributed by atoms with Gasteiger partial charge in [-0.05, 0) is 54.8 Å². The molecule has 32 heavy (non-hydrogen) atoms. The van der Waals surface area contributed by atoms with E-state index in [4.69, 9.17) is 21.1 Å². The number of hydrogen-bond donors (Lipinski definition) is 2. The number of fused-ring (bicyclic) bond motifs is 1. The molecular weight excluding hydrogens is 428 g/mol. The van der Waals surface area contributed by atoms with Crippen LogP contribution in [0, 0.1) is 6.92 Å². The van der Waals surface area contributed by atoms with Crippen LogP contribution in [0.2, 0.25) is 5.02 Å². The largest absolute Gasteiger partial charge is 0.497 e. The first kappa shape index (κ1) is 22.6. The molecule has 8 heteroatoms. The average Bonchev–Trinajstić information content (AvgIpc) is 2.80. The lowest BCUT2D eigenvalue weighted by Crippen LogP contribution is -2.51. The van der Waals surface area contributed by atoms with Gasteiger partial charge in [-0.3, -0.25) is 4.90 Å². The molecule has 0 aromatic heterocycles. The molecule has 0 spiro atoms. The van der Waals surface area contributed by atoms with E-state index in [9.17, 15) is 4.79 Å².